The van der Waals surface area contributed by atoms with Crippen LogP contribution in [-0.4, -0.2) is 14.2 Å². The van der Waals surface area contributed by atoms with Gasteiger partial charge in [0, 0.05) is 24.2 Å². The number of methoxy groups -OCH3 is 2. The molecule has 4 heteroatoms. The highest BCUT2D eigenvalue weighted by Crippen LogP contribution is 2.33. The van der Waals surface area contributed by atoms with E-state index in [4.69, 9.17) is 21.1 Å². The van der Waals surface area contributed by atoms with Crippen LogP contribution >= 0.6 is 11.6 Å². The average Bonchev–Trinajstić information content (AvgIpc) is 2.56. The van der Waals surface area contributed by atoms with Crippen LogP contribution in [-0.2, 0) is 13.1 Å². The van der Waals surface area contributed by atoms with Gasteiger partial charge >= 0.3 is 0 Å². The van der Waals surface area contributed by atoms with Crippen LogP contribution in [0.1, 0.15) is 36.5 Å². The molecule has 0 saturated heterocycles. The first kappa shape index (κ1) is 17.6. The van der Waals surface area contributed by atoms with E-state index in [1.54, 1.807) is 20.3 Å². The summed E-state index contributed by atoms with van der Waals surface area (Å²) in [7, 11) is 3.23. The fraction of sp³-hybridized carbons (Fsp3) is 0.368. The van der Waals surface area contributed by atoms with Gasteiger partial charge in [-0.05, 0) is 28.7 Å². The number of benzene rings is 2. The summed E-state index contributed by atoms with van der Waals surface area (Å²) < 4.78 is 10.6. The molecule has 0 aromatic heterocycles. The highest BCUT2D eigenvalue weighted by atomic mass is 35.5. The third-order valence-electron chi connectivity index (χ3n) is 3.84. The third kappa shape index (κ3) is 4.63. The number of hydrogen-bond donors (Lipinski definition) is 1. The lowest BCUT2D eigenvalue weighted by Crippen LogP contribution is -2.13. The van der Waals surface area contributed by atoms with E-state index in [1.807, 2.05) is 6.07 Å². The Labute approximate surface area is 143 Å². The molecular weight excluding hydrogens is 310 g/mol. The Morgan fingerprint density at radius 2 is 1.57 bits per heavy atom. The fourth-order valence-corrected chi connectivity index (χ4v) is 2.61. The predicted octanol–water partition coefficient (Wildman–Crippen LogP) is 4.77. The molecule has 3 nitrogen and oxygen atoms in total. The topological polar surface area (TPSA) is 30.5 Å². The smallest absolute Gasteiger partial charge is 0.162 e. The van der Waals surface area contributed by atoms with Gasteiger partial charge in [0.1, 0.15) is 0 Å². The van der Waals surface area contributed by atoms with E-state index >= 15 is 0 Å². The van der Waals surface area contributed by atoms with Crippen LogP contribution in [0.15, 0.2) is 36.4 Å². The van der Waals surface area contributed by atoms with E-state index < -0.39 is 0 Å². The molecular formula is C19H24ClNO2. The van der Waals surface area contributed by atoms with E-state index in [-0.39, 0.29) is 0 Å². The van der Waals surface area contributed by atoms with Crippen LogP contribution in [0, 0.1) is 0 Å². The van der Waals surface area contributed by atoms with Crippen molar-refractivity contribution < 1.29 is 9.47 Å². The lowest BCUT2D eigenvalue weighted by Gasteiger charge is -2.13. The highest BCUT2D eigenvalue weighted by molar-refractivity contribution is 6.31. The maximum atomic E-state index is 6.30. The van der Waals surface area contributed by atoms with Gasteiger partial charge in [0.05, 0.1) is 14.2 Å². The number of halogens is 1. The zero-order valence-electron chi connectivity index (χ0n) is 14.2. The quantitative estimate of drug-likeness (QED) is 0.791. The van der Waals surface area contributed by atoms with Gasteiger partial charge < -0.3 is 14.8 Å². The summed E-state index contributed by atoms with van der Waals surface area (Å²) in [6.45, 7) is 5.87. The van der Waals surface area contributed by atoms with Crippen molar-refractivity contribution >= 4 is 11.6 Å². The zero-order valence-corrected chi connectivity index (χ0v) is 14.9. The van der Waals surface area contributed by atoms with Crippen LogP contribution in [0.5, 0.6) is 11.5 Å². The maximum absolute atomic E-state index is 6.30. The lowest BCUT2D eigenvalue weighted by molar-refractivity contribution is 0.354. The van der Waals surface area contributed by atoms with Gasteiger partial charge in [-0.1, -0.05) is 49.7 Å². The summed E-state index contributed by atoms with van der Waals surface area (Å²) in [5.74, 6) is 1.89. The molecule has 2 rings (SSSR count). The van der Waals surface area contributed by atoms with E-state index in [2.05, 4.69) is 43.4 Å². The first-order valence-electron chi connectivity index (χ1n) is 7.75. The molecule has 0 heterocycles. The molecule has 0 aliphatic rings. The molecule has 124 valence electrons. The standard InChI is InChI=1S/C19H24ClNO2/c1-13(2)15-7-5-14(6-8-15)11-21-12-16-9-18(22-3)19(23-4)10-17(16)20/h5-10,13,21H,11-12H2,1-4H3. The summed E-state index contributed by atoms with van der Waals surface area (Å²) >= 11 is 6.30. The molecule has 1 N–H and O–H groups in total. The monoisotopic (exact) mass is 333 g/mol. The summed E-state index contributed by atoms with van der Waals surface area (Å²) in [5.41, 5.74) is 3.60. The average molecular weight is 334 g/mol. The van der Waals surface area contributed by atoms with E-state index in [1.165, 1.54) is 11.1 Å². The Balaban J connectivity index is 1.98. The number of ether oxygens (including phenoxy) is 2. The zero-order chi connectivity index (χ0) is 16.8. The van der Waals surface area contributed by atoms with Crippen LogP contribution in [0.4, 0.5) is 0 Å². The summed E-state index contributed by atoms with van der Waals surface area (Å²) in [6, 6.07) is 12.4. The van der Waals surface area contributed by atoms with Gasteiger partial charge in [-0.25, -0.2) is 0 Å². The van der Waals surface area contributed by atoms with Gasteiger partial charge in [0.15, 0.2) is 11.5 Å². The first-order chi connectivity index (χ1) is 11.0. The Morgan fingerprint density at radius 3 is 2.13 bits per heavy atom. The van der Waals surface area contributed by atoms with Crippen molar-refractivity contribution in [1.29, 1.82) is 0 Å². The van der Waals surface area contributed by atoms with Crippen LogP contribution in [0.2, 0.25) is 5.02 Å². The van der Waals surface area contributed by atoms with E-state index in [0.29, 0.717) is 29.0 Å². The van der Waals surface area contributed by atoms with Crippen molar-refractivity contribution in [3.63, 3.8) is 0 Å². The summed E-state index contributed by atoms with van der Waals surface area (Å²) in [6.07, 6.45) is 0. The minimum atomic E-state index is 0.558. The molecule has 0 aliphatic carbocycles. The number of nitrogens with one attached hydrogen (secondary N) is 1. The first-order valence-corrected chi connectivity index (χ1v) is 8.13. The second-order valence-corrected chi connectivity index (χ2v) is 6.21. The second-order valence-electron chi connectivity index (χ2n) is 5.80. The Morgan fingerprint density at radius 1 is 0.957 bits per heavy atom. The molecule has 0 unspecified atom stereocenters. The highest BCUT2D eigenvalue weighted by Gasteiger charge is 2.09. The van der Waals surface area contributed by atoms with Crippen molar-refractivity contribution in [3.8, 4) is 11.5 Å². The van der Waals surface area contributed by atoms with Crippen LogP contribution in [0.3, 0.4) is 0 Å². The largest absolute Gasteiger partial charge is 0.493 e. The van der Waals surface area contributed by atoms with Crippen molar-refractivity contribution in [3.05, 3.63) is 58.1 Å². The lowest BCUT2D eigenvalue weighted by atomic mass is 10.0. The molecule has 23 heavy (non-hydrogen) atoms. The Kier molecular flexibility index (Phi) is 6.31. The maximum Gasteiger partial charge on any atom is 0.162 e. The molecule has 0 aliphatic heterocycles. The van der Waals surface area contributed by atoms with Crippen LogP contribution < -0.4 is 14.8 Å². The van der Waals surface area contributed by atoms with Crippen LogP contribution in [0.25, 0.3) is 0 Å². The van der Waals surface area contributed by atoms with Gasteiger partial charge in [-0.3, -0.25) is 0 Å². The second kappa shape index (κ2) is 8.23. The van der Waals surface area contributed by atoms with Gasteiger partial charge in [0.2, 0.25) is 0 Å². The molecule has 0 bridgehead atoms. The van der Waals surface area contributed by atoms with Crippen molar-refractivity contribution in [2.24, 2.45) is 0 Å². The van der Waals surface area contributed by atoms with Gasteiger partial charge in [-0.15, -0.1) is 0 Å². The molecule has 0 atom stereocenters. The summed E-state index contributed by atoms with van der Waals surface area (Å²) in [4.78, 5) is 0. The Bertz CT molecular complexity index is 639. The fourth-order valence-electron chi connectivity index (χ4n) is 2.39. The SMILES string of the molecule is COc1cc(Cl)c(CNCc2ccc(C(C)C)cc2)cc1OC. The minimum Gasteiger partial charge on any atom is -0.493 e. The third-order valence-corrected chi connectivity index (χ3v) is 4.20. The molecule has 0 saturated carbocycles. The van der Waals surface area contributed by atoms with Crippen molar-refractivity contribution in [1.82, 2.24) is 5.32 Å². The number of rotatable bonds is 7. The van der Waals surface area contributed by atoms with Gasteiger partial charge in [-0.2, -0.15) is 0 Å². The predicted molar refractivity (Wildman–Crippen MR) is 95.6 cm³/mol. The molecule has 0 amide bonds. The molecule has 2 aromatic carbocycles. The molecule has 0 radical (unpaired) electrons. The normalized spacial score (nSPS) is 10.9. The van der Waals surface area contributed by atoms with Crippen molar-refractivity contribution in [2.45, 2.75) is 32.9 Å². The summed E-state index contributed by atoms with van der Waals surface area (Å²) in [5, 5.41) is 4.09. The van der Waals surface area contributed by atoms with E-state index in [0.717, 1.165) is 12.1 Å². The van der Waals surface area contributed by atoms with Gasteiger partial charge in [0.25, 0.3) is 0 Å². The number of hydrogen-bond acceptors (Lipinski definition) is 3. The molecule has 2 aromatic rings. The van der Waals surface area contributed by atoms with Crippen molar-refractivity contribution in [2.75, 3.05) is 14.2 Å². The minimum absolute atomic E-state index is 0.558. The molecule has 0 fully saturated rings. The molecule has 0 spiro atoms. The Hall–Kier alpha value is -1.71. The van der Waals surface area contributed by atoms with E-state index in [9.17, 15) is 0 Å².